The van der Waals surface area contributed by atoms with Gasteiger partial charge in [0.25, 0.3) is 0 Å². The molecular formula is C10H28O3Si3. The lowest BCUT2D eigenvalue weighted by atomic mass is 10.9. The summed E-state index contributed by atoms with van der Waals surface area (Å²) in [4.78, 5) is 0. The Bertz CT molecular complexity index is 192. The zero-order chi connectivity index (χ0) is 13.0. The number of hydrogen-bond acceptors (Lipinski definition) is 3. The molecule has 0 aliphatic heterocycles. The van der Waals surface area contributed by atoms with Crippen LogP contribution in [0.2, 0.25) is 51.9 Å². The maximum atomic E-state index is 6.31. The van der Waals surface area contributed by atoms with Crippen LogP contribution in [0.25, 0.3) is 0 Å². The van der Waals surface area contributed by atoms with Crippen LogP contribution in [0.5, 0.6) is 0 Å². The molecule has 0 rings (SSSR count). The first kappa shape index (κ1) is 16.5. The molecule has 0 fully saturated rings. The molecule has 0 unspecified atom stereocenters. The van der Waals surface area contributed by atoms with E-state index in [1.165, 1.54) is 0 Å². The fourth-order valence-corrected chi connectivity index (χ4v) is 14.0. The van der Waals surface area contributed by atoms with Gasteiger partial charge >= 0.3 is 8.56 Å². The van der Waals surface area contributed by atoms with E-state index in [4.69, 9.17) is 13.0 Å². The third kappa shape index (κ3) is 8.66. The maximum absolute atomic E-state index is 6.31. The van der Waals surface area contributed by atoms with E-state index in [9.17, 15) is 0 Å². The van der Waals surface area contributed by atoms with Gasteiger partial charge in [0.1, 0.15) is 0 Å². The number of rotatable bonds is 7. The Morgan fingerprint density at radius 2 is 1.12 bits per heavy atom. The fraction of sp³-hybridized carbons (Fsp3) is 1.00. The molecule has 0 amide bonds. The molecule has 0 radical (unpaired) electrons. The van der Waals surface area contributed by atoms with Crippen molar-refractivity contribution in [3.63, 3.8) is 0 Å². The lowest BCUT2D eigenvalue weighted by Gasteiger charge is -2.38. The van der Waals surface area contributed by atoms with E-state index in [2.05, 4.69) is 45.8 Å². The third-order valence-electron chi connectivity index (χ3n) is 1.80. The van der Waals surface area contributed by atoms with Gasteiger partial charge in [-0.05, 0) is 45.8 Å². The third-order valence-corrected chi connectivity index (χ3v) is 11.3. The number of ether oxygens (including phenoxy) is 1. The van der Waals surface area contributed by atoms with Crippen LogP contribution in [0.3, 0.4) is 0 Å². The lowest BCUT2D eigenvalue weighted by Crippen LogP contribution is -2.53. The molecule has 0 aromatic heterocycles. The standard InChI is InChI=1S/C10H28O3Si3/c1-11-9-10-16(8,12-14(2,3)4)13-15(5,6)7/h9-10H2,1-8H3. The monoisotopic (exact) mass is 280 g/mol. The van der Waals surface area contributed by atoms with Gasteiger partial charge in [0.05, 0.1) is 0 Å². The molecule has 0 atom stereocenters. The molecule has 0 N–H and O–H groups in total. The highest BCUT2D eigenvalue weighted by Crippen LogP contribution is 2.23. The molecule has 0 spiro atoms. The van der Waals surface area contributed by atoms with E-state index < -0.39 is 25.2 Å². The molecule has 3 nitrogen and oxygen atoms in total. The SMILES string of the molecule is COCC[Si](C)(O[Si](C)(C)C)O[Si](C)(C)C. The summed E-state index contributed by atoms with van der Waals surface area (Å²) >= 11 is 0. The summed E-state index contributed by atoms with van der Waals surface area (Å²) in [5, 5.41) is 0. The summed E-state index contributed by atoms with van der Waals surface area (Å²) in [6.45, 7) is 16.2. The predicted octanol–water partition coefficient (Wildman–Crippen LogP) is 3.41. The highest BCUT2D eigenvalue weighted by atomic mass is 28.5. The van der Waals surface area contributed by atoms with Crippen molar-refractivity contribution in [3.8, 4) is 0 Å². The minimum Gasteiger partial charge on any atom is -0.437 e. The molecule has 16 heavy (non-hydrogen) atoms. The van der Waals surface area contributed by atoms with Crippen molar-refractivity contribution >= 4 is 25.2 Å². The minimum atomic E-state index is -2.04. The highest BCUT2D eigenvalue weighted by molar-refractivity contribution is 6.87. The molecule has 0 aliphatic carbocycles. The second-order valence-electron chi connectivity index (χ2n) is 6.31. The van der Waals surface area contributed by atoms with Gasteiger partial charge in [0.2, 0.25) is 0 Å². The summed E-state index contributed by atoms with van der Waals surface area (Å²) in [6.07, 6.45) is 0. The van der Waals surface area contributed by atoms with Crippen molar-refractivity contribution < 1.29 is 13.0 Å². The van der Waals surface area contributed by atoms with Crippen LogP contribution in [0, 0.1) is 0 Å². The fourth-order valence-electron chi connectivity index (χ4n) is 1.71. The second-order valence-corrected chi connectivity index (χ2v) is 19.2. The maximum Gasteiger partial charge on any atom is 0.316 e. The Balaban J connectivity index is 4.61. The average Bonchev–Trinajstić information content (AvgIpc) is 1.93. The molecule has 0 aromatic carbocycles. The summed E-state index contributed by atoms with van der Waals surface area (Å²) in [5.74, 6) is 0. The van der Waals surface area contributed by atoms with E-state index in [-0.39, 0.29) is 0 Å². The van der Waals surface area contributed by atoms with Gasteiger partial charge in [-0.2, -0.15) is 0 Å². The normalized spacial score (nSPS) is 14.2. The van der Waals surface area contributed by atoms with E-state index in [1.54, 1.807) is 7.11 Å². The quantitative estimate of drug-likeness (QED) is 0.669. The van der Waals surface area contributed by atoms with Crippen LogP contribution in [-0.2, 0) is 13.0 Å². The van der Waals surface area contributed by atoms with Crippen molar-refractivity contribution in [2.75, 3.05) is 13.7 Å². The second kappa shape index (κ2) is 5.92. The number of hydrogen-bond donors (Lipinski definition) is 0. The van der Waals surface area contributed by atoms with Gasteiger partial charge in [0.15, 0.2) is 16.6 Å². The topological polar surface area (TPSA) is 27.7 Å². The highest BCUT2D eigenvalue weighted by Gasteiger charge is 2.39. The minimum absolute atomic E-state index is 0.734. The van der Waals surface area contributed by atoms with Gasteiger partial charge < -0.3 is 13.0 Å². The van der Waals surface area contributed by atoms with Crippen LogP contribution in [0.15, 0.2) is 0 Å². The predicted molar refractivity (Wildman–Crippen MR) is 77.2 cm³/mol. The van der Waals surface area contributed by atoms with Gasteiger partial charge in [-0.3, -0.25) is 0 Å². The summed E-state index contributed by atoms with van der Waals surface area (Å²) in [5.41, 5.74) is 0. The van der Waals surface area contributed by atoms with Crippen molar-refractivity contribution in [1.29, 1.82) is 0 Å². The first-order valence-electron chi connectivity index (χ1n) is 5.87. The van der Waals surface area contributed by atoms with Gasteiger partial charge in [0, 0.05) is 19.8 Å². The van der Waals surface area contributed by atoms with Crippen LogP contribution in [-0.4, -0.2) is 38.9 Å². The van der Waals surface area contributed by atoms with Crippen LogP contribution >= 0.6 is 0 Å². The van der Waals surface area contributed by atoms with E-state index in [0.29, 0.717) is 0 Å². The zero-order valence-electron chi connectivity index (χ0n) is 12.1. The smallest absolute Gasteiger partial charge is 0.316 e. The summed E-state index contributed by atoms with van der Waals surface area (Å²) < 4.78 is 17.8. The Labute approximate surface area is 104 Å². The molecular weight excluding hydrogens is 252 g/mol. The van der Waals surface area contributed by atoms with Gasteiger partial charge in [-0.25, -0.2) is 0 Å². The zero-order valence-corrected chi connectivity index (χ0v) is 15.1. The van der Waals surface area contributed by atoms with E-state index in [1.807, 2.05) is 0 Å². The molecule has 0 bridgehead atoms. The Morgan fingerprint density at radius 1 is 0.750 bits per heavy atom. The molecule has 0 saturated heterocycles. The molecule has 6 heteroatoms. The largest absolute Gasteiger partial charge is 0.437 e. The Hall–Kier alpha value is 0.531. The van der Waals surface area contributed by atoms with Crippen LogP contribution in [0.4, 0.5) is 0 Å². The lowest BCUT2D eigenvalue weighted by molar-refractivity contribution is 0.205. The molecule has 0 saturated carbocycles. The Kier molecular flexibility index (Phi) is 6.12. The van der Waals surface area contributed by atoms with E-state index in [0.717, 1.165) is 12.7 Å². The average molecular weight is 281 g/mol. The summed E-state index contributed by atoms with van der Waals surface area (Å²) in [6, 6.07) is 0.929. The molecule has 0 aliphatic rings. The van der Waals surface area contributed by atoms with Crippen LogP contribution in [0.1, 0.15) is 0 Å². The van der Waals surface area contributed by atoms with Crippen molar-refractivity contribution in [1.82, 2.24) is 0 Å². The molecule has 0 aromatic rings. The first-order chi connectivity index (χ1) is 6.97. The Morgan fingerprint density at radius 3 is 1.38 bits per heavy atom. The number of methoxy groups -OCH3 is 1. The molecule has 0 heterocycles. The van der Waals surface area contributed by atoms with Crippen molar-refractivity contribution in [2.45, 2.75) is 51.9 Å². The van der Waals surface area contributed by atoms with Gasteiger partial charge in [-0.1, -0.05) is 0 Å². The summed E-state index contributed by atoms with van der Waals surface area (Å²) in [7, 11) is -3.39. The van der Waals surface area contributed by atoms with Crippen molar-refractivity contribution in [3.05, 3.63) is 0 Å². The van der Waals surface area contributed by atoms with Crippen LogP contribution < -0.4 is 0 Å². The van der Waals surface area contributed by atoms with Crippen molar-refractivity contribution in [2.24, 2.45) is 0 Å². The first-order valence-corrected chi connectivity index (χ1v) is 15.2. The van der Waals surface area contributed by atoms with E-state index >= 15 is 0 Å². The molecule has 98 valence electrons. The van der Waals surface area contributed by atoms with Gasteiger partial charge in [-0.15, -0.1) is 0 Å².